The highest BCUT2D eigenvalue weighted by molar-refractivity contribution is 7.89. The lowest BCUT2D eigenvalue weighted by molar-refractivity contribution is 0.288. The molecule has 0 spiro atoms. The van der Waals surface area contributed by atoms with Crippen LogP contribution in [-0.2, 0) is 16.6 Å². The second kappa shape index (κ2) is 6.96. The number of hydrogen-bond acceptors (Lipinski definition) is 4. The molecule has 0 radical (unpaired) electrons. The largest absolute Gasteiger partial charge is 0.506 e. The number of para-hydroxylation sites is 1. The van der Waals surface area contributed by atoms with E-state index in [9.17, 15) is 13.5 Å². The van der Waals surface area contributed by atoms with Gasteiger partial charge in [-0.05, 0) is 25.8 Å². The zero-order valence-corrected chi connectivity index (χ0v) is 13.6. The van der Waals surface area contributed by atoms with Crippen LogP contribution in [0.15, 0.2) is 18.2 Å². The average Bonchev–Trinajstić information content (AvgIpc) is 2.49. The van der Waals surface area contributed by atoms with E-state index >= 15 is 0 Å². The van der Waals surface area contributed by atoms with E-state index in [4.69, 9.17) is 11.6 Å². The summed E-state index contributed by atoms with van der Waals surface area (Å²) in [7, 11) is -3.08. The quantitative estimate of drug-likeness (QED) is 0.864. The number of phenolic OH excluding ortho intramolecular Hbond substituents is 1. The summed E-state index contributed by atoms with van der Waals surface area (Å²) in [5.74, 6) is 0.263. The molecule has 0 amide bonds. The van der Waals surface area contributed by atoms with Gasteiger partial charge in [0, 0.05) is 31.2 Å². The molecule has 1 heterocycles. The maximum absolute atomic E-state index is 11.8. The van der Waals surface area contributed by atoms with E-state index in [-0.39, 0.29) is 17.5 Å². The number of sulfonamides is 1. The number of aromatic hydroxyl groups is 1. The van der Waals surface area contributed by atoms with Gasteiger partial charge in [-0.1, -0.05) is 23.7 Å². The Morgan fingerprint density at radius 1 is 1.38 bits per heavy atom. The van der Waals surface area contributed by atoms with Crippen molar-refractivity contribution >= 4 is 21.6 Å². The molecule has 1 saturated heterocycles. The topological polar surface area (TPSA) is 69.6 Å². The molecule has 1 aliphatic heterocycles. The summed E-state index contributed by atoms with van der Waals surface area (Å²) in [5.41, 5.74) is 0.756. The lowest BCUT2D eigenvalue weighted by Gasteiger charge is -2.31. The Morgan fingerprint density at radius 3 is 2.67 bits per heavy atom. The maximum Gasteiger partial charge on any atom is 0.213 e. The van der Waals surface area contributed by atoms with Gasteiger partial charge in [-0.15, -0.1) is 0 Å². The van der Waals surface area contributed by atoms with Crippen LogP contribution in [-0.4, -0.2) is 42.7 Å². The first-order chi connectivity index (χ1) is 9.94. The SMILES string of the molecule is CCS(=O)(=O)N1CCC(NCc2cccc(Cl)c2O)CC1. The summed E-state index contributed by atoms with van der Waals surface area (Å²) in [6.45, 7) is 3.30. The number of piperidine rings is 1. The fourth-order valence-corrected chi connectivity index (χ4v) is 3.80. The summed E-state index contributed by atoms with van der Waals surface area (Å²) in [5, 5.41) is 13.5. The van der Waals surface area contributed by atoms with Crippen molar-refractivity contribution in [2.45, 2.75) is 32.4 Å². The van der Waals surface area contributed by atoms with Crippen molar-refractivity contribution in [3.8, 4) is 5.75 Å². The van der Waals surface area contributed by atoms with Crippen LogP contribution >= 0.6 is 11.6 Å². The van der Waals surface area contributed by atoms with Gasteiger partial charge in [-0.25, -0.2) is 12.7 Å². The zero-order valence-electron chi connectivity index (χ0n) is 12.0. The van der Waals surface area contributed by atoms with Gasteiger partial charge < -0.3 is 10.4 Å². The molecule has 118 valence electrons. The molecule has 0 bridgehead atoms. The third-order valence-corrected chi connectivity index (χ3v) is 6.05. The number of nitrogens with zero attached hydrogens (tertiary/aromatic N) is 1. The van der Waals surface area contributed by atoms with Crippen molar-refractivity contribution in [3.63, 3.8) is 0 Å². The van der Waals surface area contributed by atoms with Gasteiger partial charge in [0.2, 0.25) is 10.0 Å². The highest BCUT2D eigenvalue weighted by Crippen LogP contribution is 2.27. The molecule has 7 heteroatoms. The first-order valence-electron chi connectivity index (χ1n) is 7.11. The predicted molar refractivity (Wildman–Crippen MR) is 84.0 cm³/mol. The van der Waals surface area contributed by atoms with Crippen molar-refractivity contribution in [2.75, 3.05) is 18.8 Å². The van der Waals surface area contributed by atoms with Crippen molar-refractivity contribution in [3.05, 3.63) is 28.8 Å². The lowest BCUT2D eigenvalue weighted by Crippen LogP contribution is -2.45. The summed E-state index contributed by atoms with van der Waals surface area (Å²) in [4.78, 5) is 0. The van der Waals surface area contributed by atoms with E-state index in [0.29, 0.717) is 24.7 Å². The van der Waals surface area contributed by atoms with Crippen LogP contribution in [0.25, 0.3) is 0 Å². The monoisotopic (exact) mass is 332 g/mol. The van der Waals surface area contributed by atoms with E-state index in [1.165, 1.54) is 0 Å². The van der Waals surface area contributed by atoms with Gasteiger partial charge in [0.25, 0.3) is 0 Å². The molecule has 0 unspecified atom stereocenters. The van der Waals surface area contributed by atoms with E-state index in [0.717, 1.165) is 18.4 Å². The molecule has 21 heavy (non-hydrogen) atoms. The van der Waals surface area contributed by atoms with Gasteiger partial charge in [0.1, 0.15) is 5.75 Å². The number of halogens is 1. The third kappa shape index (κ3) is 4.10. The van der Waals surface area contributed by atoms with Gasteiger partial charge in [0.15, 0.2) is 0 Å². The number of hydrogen-bond donors (Lipinski definition) is 2. The van der Waals surface area contributed by atoms with Crippen LogP contribution in [0.3, 0.4) is 0 Å². The molecule has 1 aromatic carbocycles. The molecule has 5 nitrogen and oxygen atoms in total. The van der Waals surface area contributed by atoms with E-state index in [1.54, 1.807) is 23.4 Å². The zero-order chi connectivity index (χ0) is 15.5. The normalized spacial score (nSPS) is 18.0. The van der Waals surface area contributed by atoms with E-state index in [2.05, 4.69) is 5.32 Å². The van der Waals surface area contributed by atoms with E-state index < -0.39 is 10.0 Å². The molecule has 2 N–H and O–H groups in total. The highest BCUT2D eigenvalue weighted by Gasteiger charge is 2.26. The first kappa shape index (κ1) is 16.5. The minimum atomic E-state index is -3.08. The minimum Gasteiger partial charge on any atom is -0.506 e. The smallest absolute Gasteiger partial charge is 0.213 e. The van der Waals surface area contributed by atoms with Crippen molar-refractivity contribution < 1.29 is 13.5 Å². The molecule has 1 aromatic rings. The second-order valence-corrected chi connectivity index (χ2v) is 7.87. The minimum absolute atomic E-state index is 0.109. The van der Waals surface area contributed by atoms with Crippen LogP contribution in [0.4, 0.5) is 0 Å². The number of nitrogens with one attached hydrogen (secondary N) is 1. The highest BCUT2D eigenvalue weighted by atomic mass is 35.5. The molecule has 0 aliphatic carbocycles. The summed E-state index contributed by atoms with van der Waals surface area (Å²) < 4.78 is 25.1. The molecule has 1 aliphatic rings. The van der Waals surface area contributed by atoms with Gasteiger partial charge >= 0.3 is 0 Å². The van der Waals surface area contributed by atoms with Crippen LogP contribution in [0.2, 0.25) is 5.02 Å². The Balaban J connectivity index is 1.86. The maximum atomic E-state index is 11.8. The Kier molecular flexibility index (Phi) is 5.48. The summed E-state index contributed by atoms with van der Waals surface area (Å²) in [6.07, 6.45) is 1.56. The fourth-order valence-electron chi connectivity index (χ4n) is 2.48. The van der Waals surface area contributed by atoms with Crippen LogP contribution in [0.5, 0.6) is 5.75 Å². The molecule has 0 aromatic heterocycles. The first-order valence-corrected chi connectivity index (χ1v) is 9.10. The summed E-state index contributed by atoms with van der Waals surface area (Å²) >= 11 is 5.87. The Morgan fingerprint density at radius 2 is 2.05 bits per heavy atom. The van der Waals surface area contributed by atoms with Gasteiger partial charge in [-0.2, -0.15) is 0 Å². The van der Waals surface area contributed by atoms with Crippen molar-refractivity contribution in [1.29, 1.82) is 0 Å². The number of benzene rings is 1. The molecule has 0 saturated carbocycles. The molecular weight excluding hydrogens is 312 g/mol. The predicted octanol–water partition coefficient (Wildman–Crippen LogP) is 1.95. The molecule has 0 atom stereocenters. The second-order valence-electron chi connectivity index (χ2n) is 5.20. The molecular formula is C14H21ClN2O3S. The number of rotatable bonds is 5. The summed E-state index contributed by atoms with van der Waals surface area (Å²) in [6, 6.07) is 5.53. The van der Waals surface area contributed by atoms with Crippen LogP contribution < -0.4 is 5.32 Å². The van der Waals surface area contributed by atoms with Crippen molar-refractivity contribution in [1.82, 2.24) is 9.62 Å². The standard InChI is InChI=1S/C14H21ClN2O3S/c1-2-21(19,20)17-8-6-12(7-9-17)16-10-11-4-3-5-13(15)14(11)18/h3-5,12,16,18H,2,6-10H2,1H3. The fraction of sp³-hybridized carbons (Fsp3) is 0.571. The number of phenols is 1. The lowest BCUT2D eigenvalue weighted by atomic mass is 10.1. The Hall–Kier alpha value is -0.820. The van der Waals surface area contributed by atoms with Gasteiger partial charge in [0.05, 0.1) is 10.8 Å². The van der Waals surface area contributed by atoms with Gasteiger partial charge in [-0.3, -0.25) is 0 Å². The van der Waals surface area contributed by atoms with E-state index in [1.807, 2.05) is 6.07 Å². The molecule has 1 fully saturated rings. The Labute approximate surface area is 131 Å². The van der Waals surface area contributed by atoms with Crippen molar-refractivity contribution in [2.24, 2.45) is 0 Å². The van der Waals surface area contributed by atoms with Crippen LogP contribution in [0, 0.1) is 0 Å². The van der Waals surface area contributed by atoms with Crippen LogP contribution in [0.1, 0.15) is 25.3 Å². The average molecular weight is 333 g/mol. The third-order valence-electron chi connectivity index (χ3n) is 3.86. The molecule has 2 rings (SSSR count). The Bertz CT molecular complexity index is 584.